The Morgan fingerprint density at radius 1 is 1.03 bits per heavy atom. The molecule has 2 aromatic rings. The van der Waals surface area contributed by atoms with Gasteiger partial charge >= 0.3 is 0 Å². The summed E-state index contributed by atoms with van der Waals surface area (Å²) >= 11 is 0. The molecule has 30 heavy (non-hydrogen) atoms. The fourth-order valence-electron chi connectivity index (χ4n) is 3.82. The first-order valence-electron chi connectivity index (χ1n) is 10.3. The molecule has 1 saturated heterocycles. The molecule has 2 heterocycles. The molecule has 158 valence electrons. The smallest absolute Gasteiger partial charge is 0.267 e. The van der Waals surface area contributed by atoms with Crippen molar-refractivity contribution in [3.63, 3.8) is 0 Å². The highest BCUT2D eigenvalue weighted by molar-refractivity contribution is 5.93. The molecule has 2 aromatic carbocycles. The van der Waals surface area contributed by atoms with Crippen LogP contribution in [0.2, 0.25) is 0 Å². The van der Waals surface area contributed by atoms with Gasteiger partial charge in [0.25, 0.3) is 5.91 Å². The summed E-state index contributed by atoms with van der Waals surface area (Å²) in [5, 5.41) is 2.98. The van der Waals surface area contributed by atoms with Crippen LogP contribution >= 0.6 is 0 Å². The van der Waals surface area contributed by atoms with E-state index >= 15 is 0 Å². The Labute approximate surface area is 176 Å². The minimum absolute atomic E-state index is 0.0395. The first-order valence-corrected chi connectivity index (χ1v) is 10.3. The maximum Gasteiger partial charge on any atom is 0.267 e. The van der Waals surface area contributed by atoms with Crippen molar-refractivity contribution < 1.29 is 19.1 Å². The lowest BCUT2D eigenvalue weighted by Crippen LogP contribution is -2.54. The molecule has 0 saturated carbocycles. The second-order valence-electron chi connectivity index (χ2n) is 7.83. The Bertz CT molecular complexity index is 938. The number of nitrogens with one attached hydrogen (secondary N) is 1. The zero-order valence-electron chi connectivity index (χ0n) is 17.4. The second kappa shape index (κ2) is 8.75. The standard InChI is InChI=1S/C23H27N3O4/c1-16-7-8-18(17(2)13-16)24-22(27)14-25-9-11-26(12-10-25)23(28)21-15-29-19-5-3-4-6-20(19)30-21/h3-8,13,21H,9-12,14-15H2,1-2H3,(H,24,27)/t21-/m0/s1. The normalized spacial score (nSPS) is 18.7. The minimum atomic E-state index is -0.626. The Hall–Kier alpha value is -3.06. The van der Waals surface area contributed by atoms with E-state index in [1.165, 1.54) is 5.56 Å². The quantitative estimate of drug-likeness (QED) is 0.839. The fourth-order valence-corrected chi connectivity index (χ4v) is 3.82. The first kappa shape index (κ1) is 20.2. The van der Waals surface area contributed by atoms with Gasteiger partial charge in [0.15, 0.2) is 11.5 Å². The number of hydrogen-bond donors (Lipinski definition) is 1. The molecule has 1 fully saturated rings. The monoisotopic (exact) mass is 409 g/mol. The molecule has 7 heteroatoms. The molecule has 0 aromatic heterocycles. The van der Waals surface area contributed by atoms with Gasteiger partial charge in [0.2, 0.25) is 12.0 Å². The highest BCUT2D eigenvalue weighted by Gasteiger charge is 2.32. The number of para-hydroxylation sites is 2. The van der Waals surface area contributed by atoms with Crippen LogP contribution in [-0.2, 0) is 9.59 Å². The lowest BCUT2D eigenvalue weighted by Gasteiger charge is -2.36. The number of benzene rings is 2. The van der Waals surface area contributed by atoms with Crippen molar-refractivity contribution in [1.82, 2.24) is 9.80 Å². The molecule has 2 aliphatic heterocycles. The van der Waals surface area contributed by atoms with E-state index in [0.717, 1.165) is 11.3 Å². The molecular formula is C23H27N3O4. The Morgan fingerprint density at radius 3 is 2.50 bits per heavy atom. The predicted octanol–water partition coefficient (Wildman–Crippen LogP) is 2.23. The Kier molecular flexibility index (Phi) is 5.90. The van der Waals surface area contributed by atoms with Crippen molar-refractivity contribution in [1.29, 1.82) is 0 Å². The molecule has 1 atom stereocenters. The summed E-state index contributed by atoms with van der Waals surface area (Å²) in [6.07, 6.45) is -0.626. The van der Waals surface area contributed by atoms with Crippen molar-refractivity contribution in [2.75, 3.05) is 44.6 Å². The highest BCUT2D eigenvalue weighted by Crippen LogP contribution is 2.31. The maximum absolute atomic E-state index is 12.8. The van der Waals surface area contributed by atoms with E-state index in [1.54, 1.807) is 11.0 Å². The number of anilines is 1. The number of carbonyl (C=O) groups is 2. The number of hydrogen-bond acceptors (Lipinski definition) is 5. The van der Waals surface area contributed by atoms with Gasteiger partial charge < -0.3 is 19.7 Å². The van der Waals surface area contributed by atoms with Crippen molar-refractivity contribution in [3.8, 4) is 11.5 Å². The summed E-state index contributed by atoms with van der Waals surface area (Å²) < 4.78 is 11.5. The average molecular weight is 409 g/mol. The molecule has 4 rings (SSSR count). The van der Waals surface area contributed by atoms with Gasteiger partial charge in [-0.1, -0.05) is 29.8 Å². The van der Waals surface area contributed by atoms with Crippen molar-refractivity contribution in [2.45, 2.75) is 20.0 Å². The number of aryl methyl sites for hydroxylation is 2. The Balaban J connectivity index is 1.25. The SMILES string of the molecule is Cc1ccc(NC(=O)CN2CCN(C(=O)[C@@H]3COc4ccccc4O3)CC2)c(C)c1. The van der Waals surface area contributed by atoms with Crippen molar-refractivity contribution >= 4 is 17.5 Å². The van der Waals surface area contributed by atoms with Crippen molar-refractivity contribution in [2.24, 2.45) is 0 Å². The van der Waals surface area contributed by atoms with E-state index in [1.807, 2.05) is 44.2 Å². The number of carbonyl (C=O) groups excluding carboxylic acids is 2. The van der Waals surface area contributed by atoms with Crippen LogP contribution in [0.25, 0.3) is 0 Å². The van der Waals surface area contributed by atoms with E-state index < -0.39 is 6.10 Å². The van der Waals surface area contributed by atoms with Gasteiger partial charge in [-0.05, 0) is 37.6 Å². The molecule has 0 bridgehead atoms. The third-order valence-corrected chi connectivity index (χ3v) is 5.49. The van der Waals surface area contributed by atoms with E-state index in [-0.39, 0.29) is 18.4 Å². The van der Waals surface area contributed by atoms with Gasteiger partial charge in [0.05, 0.1) is 6.54 Å². The second-order valence-corrected chi connectivity index (χ2v) is 7.83. The minimum Gasteiger partial charge on any atom is -0.485 e. The summed E-state index contributed by atoms with van der Waals surface area (Å²) in [6.45, 7) is 6.98. The number of amides is 2. The van der Waals surface area contributed by atoms with Crippen LogP contribution in [0, 0.1) is 13.8 Å². The zero-order chi connectivity index (χ0) is 21.1. The molecule has 7 nitrogen and oxygen atoms in total. The molecule has 0 radical (unpaired) electrons. The van der Waals surface area contributed by atoms with E-state index in [4.69, 9.17) is 9.47 Å². The number of nitrogens with zero attached hydrogens (tertiary/aromatic N) is 2. The van der Waals surface area contributed by atoms with Crippen molar-refractivity contribution in [3.05, 3.63) is 53.6 Å². The molecule has 2 amide bonds. The summed E-state index contributed by atoms with van der Waals surface area (Å²) in [5.41, 5.74) is 3.06. The van der Waals surface area contributed by atoms with Crippen LogP contribution in [0.1, 0.15) is 11.1 Å². The van der Waals surface area contributed by atoms with Gasteiger partial charge in [-0.15, -0.1) is 0 Å². The van der Waals surface area contributed by atoms with Crippen LogP contribution in [0.4, 0.5) is 5.69 Å². The summed E-state index contributed by atoms with van der Waals surface area (Å²) in [5.74, 6) is 1.16. The van der Waals surface area contributed by atoms with Gasteiger partial charge in [-0.3, -0.25) is 14.5 Å². The van der Waals surface area contributed by atoms with Crippen LogP contribution in [0.15, 0.2) is 42.5 Å². The van der Waals surface area contributed by atoms with Gasteiger partial charge in [0, 0.05) is 31.9 Å². The predicted molar refractivity (Wildman–Crippen MR) is 114 cm³/mol. The molecular weight excluding hydrogens is 382 g/mol. The number of fused-ring (bicyclic) bond motifs is 1. The van der Waals surface area contributed by atoms with E-state index in [9.17, 15) is 9.59 Å². The molecule has 2 aliphatic rings. The third-order valence-electron chi connectivity index (χ3n) is 5.49. The molecule has 1 N–H and O–H groups in total. The van der Waals surface area contributed by atoms with Crippen LogP contribution < -0.4 is 14.8 Å². The van der Waals surface area contributed by atoms with Crippen LogP contribution in [-0.4, -0.2) is 67.0 Å². The molecule has 0 unspecified atom stereocenters. The van der Waals surface area contributed by atoms with Crippen LogP contribution in [0.3, 0.4) is 0 Å². The lowest BCUT2D eigenvalue weighted by atomic mass is 10.1. The summed E-state index contributed by atoms with van der Waals surface area (Å²) in [6, 6.07) is 13.3. The van der Waals surface area contributed by atoms with Gasteiger partial charge in [-0.2, -0.15) is 0 Å². The molecule has 0 spiro atoms. The van der Waals surface area contributed by atoms with Gasteiger partial charge in [0.1, 0.15) is 6.61 Å². The highest BCUT2D eigenvalue weighted by atomic mass is 16.6. The number of ether oxygens (including phenoxy) is 2. The Morgan fingerprint density at radius 2 is 1.77 bits per heavy atom. The van der Waals surface area contributed by atoms with E-state index in [2.05, 4.69) is 16.3 Å². The lowest BCUT2D eigenvalue weighted by molar-refractivity contribution is -0.143. The largest absolute Gasteiger partial charge is 0.485 e. The summed E-state index contributed by atoms with van der Waals surface area (Å²) in [7, 11) is 0. The fraction of sp³-hybridized carbons (Fsp3) is 0.391. The zero-order valence-corrected chi connectivity index (χ0v) is 17.4. The third kappa shape index (κ3) is 4.57. The number of piperazine rings is 1. The topological polar surface area (TPSA) is 71.1 Å². The average Bonchev–Trinajstić information content (AvgIpc) is 2.75. The summed E-state index contributed by atoms with van der Waals surface area (Å²) in [4.78, 5) is 29.1. The first-order chi connectivity index (χ1) is 14.5. The van der Waals surface area contributed by atoms with E-state index in [0.29, 0.717) is 44.2 Å². The molecule has 0 aliphatic carbocycles. The maximum atomic E-state index is 12.8. The number of rotatable bonds is 4. The van der Waals surface area contributed by atoms with Gasteiger partial charge in [-0.25, -0.2) is 0 Å². The van der Waals surface area contributed by atoms with Crippen LogP contribution in [0.5, 0.6) is 11.5 Å².